The van der Waals surface area contributed by atoms with Gasteiger partial charge in [-0.05, 0) is 26.0 Å². The van der Waals surface area contributed by atoms with Gasteiger partial charge in [-0.15, -0.1) is 5.10 Å². The lowest BCUT2D eigenvalue weighted by Crippen LogP contribution is -2.36. The van der Waals surface area contributed by atoms with Gasteiger partial charge in [0.25, 0.3) is 5.91 Å². The molecule has 0 aliphatic carbocycles. The third kappa shape index (κ3) is 3.85. The zero-order valence-corrected chi connectivity index (χ0v) is 12.3. The summed E-state index contributed by atoms with van der Waals surface area (Å²) in [7, 11) is 0. The molecule has 0 aliphatic rings. The molecule has 2 aromatic rings. The number of carbonyl (C=O) groups is 1. The van der Waals surface area contributed by atoms with E-state index in [4.69, 9.17) is 5.73 Å². The number of rotatable bonds is 6. The maximum absolute atomic E-state index is 12.6. The molecule has 1 amide bonds. The first-order valence-electron chi connectivity index (χ1n) is 6.93. The van der Waals surface area contributed by atoms with E-state index in [1.807, 2.05) is 32.0 Å². The Bertz CT molecular complexity index is 580. The van der Waals surface area contributed by atoms with Gasteiger partial charge in [0.2, 0.25) is 0 Å². The zero-order chi connectivity index (χ0) is 15.2. The molecule has 0 unspecified atom stereocenters. The fraction of sp³-hybridized carbons (Fsp3) is 0.429. The summed E-state index contributed by atoms with van der Waals surface area (Å²) in [6, 6.07) is 5.69. The van der Waals surface area contributed by atoms with Gasteiger partial charge in [-0.1, -0.05) is 11.3 Å². The molecule has 0 radical (unpaired) electrons. The van der Waals surface area contributed by atoms with Crippen LogP contribution in [0.1, 0.15) is 30.0 Å². The van der Waals surface area contributed by atoms with Crippen LogP contribution in [0.15, 0.2) is 30.6 Å². The number of aromatic nitrogens is 4. The molecule has 0 spiro atoms. The number of pyridine rings is 1. The predicted molar refractivity (Wildman–Crippen MR) is 78.3 cm³/mol. The Kier molecular flexibility index (Phi) is 4.99. The third-order valence-corrected chi connectivity index (χ3v) is 3.06. The van der Waals surface area contributed by atoms with Gasteiger partial charge in [-0.25, -0.2) is 0 Å². The van der Waals surface area contributed by atoms with Crippen molar-refractivity contribution in [2.75, 3.05) is 6.54 Å². The van der Waals surface area contributed by atoms with Crippen molar-refractivity contribution in [2.45, 2.75) is 33.0 Å². The fourth-order valence-electron chi connectivity index (χ4n) is 1.94. The number of hydrogen-bond donors (Lipinski definition) is 1. The van der Waals surface area contributed by atoms with Crippen molar-refractivity contribution in [3.8, 4) is 0 Å². The standard InChI is InChI=1S/C14H20N6O/c1-11(2)20(9-12-5-3-4-7-16-12)14(21)13-10-19(8-6-15)18-17-13/h3-5,7,10-11H,6,8-9,15H2,1-2H3. The highest BCUT2D eigenvalue weighted by Crippen LogP contribution is 2.10. The Morgan fingerprint density at radius 1 is 1.43 bits per heavy atom. The molecule has 21 heavy (non-hydrogen) atoms. The first kappa shape index (κ1) is 15.1. The van der Waals surface area contributed by atoms with Crippen LogP contribution in [0.3, 0.4) is 0 Å². The quantitative estimate of drug-likeness (QED) is 0.844. The van der Waals surface area contributed by atoms with Gasteiger partial charge in [-0.3, -0.25) is 14.5 Å². The van der Waals surface area contributed by atoms with Gasteiger partial charge in [0.05, 0.1) is 25.0 Å². The van der Waals surface area contributed by atoms with Crippen LogP contribution in [0.4, 0.5) is 0 Å². The van der Waals surface area contributed by atoms with E-state index in [0.717, 1.165) is 5.69 Å². The SMILES string of the molecule is CC(C)N(Cc1ccccn1)C(=O)c1cn(CCN)nn1. The Morgan fingerprint density at radius 3 is 2.86 bits per heavy atom. The number of nitrogens with zero attached hydrogens (tertiary/aromatic N) is 5. The summed E-state index contributed by atoms with van der Waals surface area (Å²) in [6.07, 6.45) is 3.35. The van der Waals surface area contributed by atoms with Crippen molar-refractivity contribution in [1.82, 2.24) is 24.9 Å². The van der Waals surface area contributed by atoms with Crippen LogP contribution in [0.25, 0.3) is 0 Å². The van der Waals surface area contributed by atoms with Crippen LogP contribution in [0.2, 0.25) is 0 Å². The average Bonchev–Trinajstić information content (AvgIpc) is 2.94. The number of amides is 1. The summed E-state index contributed by atoms with van der Waals surface area (Å²) in [5, 5.41) is 7.82. The molecule has 0 aliphatic heterocycles. The van der Waals surface area contributed by atoms with Gasteiger partial charge in [0, 0.05) is 18.8 Å². The monoisotopic (exact) mass is 288 g/mol. The molecule has 2 heterocycles. The molecular formula is C14H20N6O. The second-order valence-corrected chi connectivity index (χ2v) is 5.00. The van der Waals surface area contributed by atoms with E-state index in [2.05, 4.69) is 15.3 Å². The van der Waals surface area contributed by atoms with Gasteiger partial charge in [-0.2, -0.15) is 0 Å². The Labute approximate surface area is 123 Å². The van der Waals surface area contributed by atoms with Crippen molar-refractivity contribution in [3.05, 3.63) is 42.0 Å². The summed E-state index contributed by atoms with van der Waals surface area (Å²) < 4.78 is 1.58. The van der Waals surface area contributed by atoms with Crippen molar-refractivity contribution >= 4 is 5.91 Å². The molecule has 0 saturated heterocycles. The van der Waals surface area contributed by atoms with Gasteiger partial charge < -0.3 is 10.6 Å². The Morgan fingerprint density at radius 2 is 2.24 bits per heavy atom. The van der Waals surface area contributed by atoms with Crippen molar-refractivity contribution in [3.63, 3.8) is 0 Å². The van der Waals surface area contributed by atoms with Crippen LogP contribution < -0.4 is 5.73 Å². The highest BCUT2D eigenvalue weighted by atomic mass is 16.2. The molecule has 0 saturated carbocycles. The molecule has 2 N–H and O–H groups in total. The maximum atomic E-state index is 12.6. The summed E-state index contributed by atoms with van der Waals surface area (Å²) in [5.74, 6) is -0.154. The van der Waals surface area contributed by atoms with E-state index in [1.165, 1.54) is 0 Å². The summed E-state index contributed by atoms with van der Waals surface area (Å²) >= 11 is 0. The number of nitrogens with two attached hydrogens (primary N) is 1. The van der Waals surface area contributed by atoms with Gasteiger partial charge in [0.15, 0.2) is 5.69 Å². The van der Waals surface area contributed by atoms with Crippen LogP contribution in [0.5, 0.6) is 0 Å². The smallest absolute Gasteiger partial charge is 0.276 e. The largest absolute Gasteiger partial charge is 0.329 e. The lowest BCUT2D eigenvalue weighted by Gasteiger charge is -2.25. The predicted octanol–water partition coefficient (Wildman–Crippen LogP) is 0.683. The van der Waals surface area contributed by atoms with Crippen LogP contribution >= 0.6 is 0 Å². The lowest BCUT2D eigenvalue weighted by atomic mass is 10.2. The molecular weight excluding hydrogens is 268 g/mol. The van der Waals surface area contributed by atoms with Crippen molar-refractivity contribution in [2.24, 2.45) is 5.73 Å². The average molecular weight is 288 g/mol. The third-order valence-electron chi connectivity index (χ3n) is 3.06. The molecule has 0 atom stereocenters. The summed E-state index contributed by atoms with van der Waals surface area (Å²) in [4.78, 5) is 18.5. The minimum atomic E-state index is -0.154. The Balaban J connectivity index is 2.15. The van der Waals surface area contributed by atoms with Crippen molar-refractivity contribution < 1.29 is 4.79 Å². The minimum absolute atomic E-state index is 0.0409. The summed E-state index contributed by atoms with van der Waals surface area (Å²) in [6.45, 7) is 5.37. The number of carbonyl (C=O) groups excluding carboxylic acids is 1. The number of hydrogen-bond acceptors (Lipinski definition) is 5. The Hall–Kier alpha value is -2.28. The molecule has 2 rings (SSSR count). The normalized spacial score (nSPS) is 10.9. The van der Waals surface area contributed by atoms with E-state index < -0.39 is 0 Å². The molecule has 0 aromatic carbocycles. The molecule has 7 heteroatoms. The first-order valence-corrected chi connectivity index (χ1v) is 6.93. The second-order valence-electron chi connectivity index (χ2n) is 5.00. The van der Waals surface area contributed by atoms with Gasteiger partial charge >= 0.3 is 0 Å². The van der Waals surface area contributed by atoms with Crippen LogP contribution in [-0.2, 0) is 13.1 Å². The minimum Gasteiger partial charge on any atom is -0.329 e. The fourth-order valence-corrected chi connectivity index (χ4v) is 1.94. The molecule has 0 fully saturated rings. The van der Waals surface area contributed by atoms with Crippen LogP contribution in [-0.4, -0.2) is 43.4 Å². The van der Waals surface area contributed by atoms with Gasteiger partial charge in [0.1, 0.15) is 0 Å². The topological polar surface area (TPSA) is 89.9 Å². The zero-order valence-electron chi connectivity index (χ0n) is 12.3. The van der Waals surface area contributed by atoms with E-state index in [1.54, 1.807) is 22.0 Å². The van der Waals surface area contributed by atoms with E-state index in [0.29, 0.717) is 25.3 Å². The van der Waals surface area contributed by atoms with E-state index in [-0.39, 0.29) is 11.9 Å². The summed E-state index contributed by atoms with van der Waals surface area (Å²) in [5.41, 5.74) is 6.63. The molecule has 2 aromatic heterocycles. The first-order chi connectivity index (χ1) is 10.1. The van der Waals surface area contributed by atoms with E-state index >= 15 is 0 Å². The van der Waals surface area contributed by atoms with Crippen molar-refractivity contribution in [1.29, 1.82) is 0 Å². The maximum Gasteiger partial charge on any atom is 0.276 e. The highest BCUT2D eigenvalue weighted by molar-refractivity contribution is 5.92. The molecule has 0 bridgehead atoms. The molecule has 7 nitrogen and oxygen atoms in total. The molecule has 112 valence electrons. The van der Waals surface area contributed by atoms with E-state index in [9.17, 15) is 4.79 Å². The highest BCUT2D eigenvalue weighted by Gasteiger charge is 2.22. The van der Waals surface area contributed by atoms with Crippen LogP contribution in [0, 0.1) is 0 Å². The second kappa shape index (κ2) is 6.94. The lowest BCUT2D eigenvalue weighted by molar-refractivity contribution is 0.0681.